The second-order valence-electron chi connectivity index (χ2n) is 2.82. The molecule has 12 heavy (non-hydrogen) atoms. The van der Waals surface area contributed by atoms with E-state index in [1.165, 1.54) is 6.92 Å². The highest BCUT2D eigenvalue weighted by molar-refractivity contribution is 5.80. The minimum absolute atomic E-state index is 0.182. The van der Waals surface area contributed by atoms with Crippen LogP contribution < -0.4 is 0 Å². The molecule has 2 nitrogen and oxygen atoms in total. The van der Waals surface area contributed by atoms with Crippen molar-refractivity contribution in [1.82, 2.24) is 0 Å². The molecule has 1 atom stereocenters. The van der Waals surface area contributed by atoms with Crippen LogP contribution >= 0.6 is 0 Å². The van der Waals surface area contributed by atoms with Crippen LogP contribution in [0.2, 0.25) is 0 Å². The summed E-state index contributed by atoms with van der Waals surface area (Å²) < 4.78 is 0. The van der Waals surface area contributed by atoms with Gasteiger partial charge in [0.25, 0.3) is 0 Å². The maximum Gasteiger partial charge on any atom is 0.158 e. The summed E-state index contributed by atoms with van der Waals surface area (Å²) in [4.78, 5) is 10.7. The first-order chi connectivity index (χ1) is 5.70. The molecule has 1 aromatic carbocycles. The van der Waals surface area contributed by atoms with Crippen molar-refractivity contribution in [3.63, 3.8) is 0 Å². The van der Waals surface area contributed by atoms with Crippen molar-refractivity contribution in [2.75, 3.05) is 0 Å². The zero-order chi connectivity index (χ0) is 8.97. The molecule has 0 saturated carbocycles. The molecule has 1 aromatic rings. The van der Waals surface area contributed by atoms with Gasteiger partial charge in [0.2, 0.25) is 0 Å². The largest absolute Gasteiger partial charge is 0.385 e. The van der Waals surface area contributed by atoms with E-state index in [9.17, 15) is 9.90 Å². The predicted molar refractivity (Wildman–Crippen MR) is 46.8 cm³/mol. The van der Waals surface area contributed by atoms with Crippen molar-refractivity contribution in [2.45, 2.75) is 19.4 Å². The zero-order valence-corrected chi connectivity index (χ0v) is 7.03. The molecule has 1 N–H and O–H groups in total. The first kappa shape index (κ1) is 8.94. The monoisotopic (exact) mass is 164 g/mol. The Labute approximate surface area is 71.8 Å². The third-order valence-corrected chi connectivity index (χ3v) is 1.74. The Balaban J connectivity index is 2.58. The Hall–Kier alpha value is -1.15. The lowest BCUT2D eigenvalue weighted by molar-refractivity contribution is -0.124. The van der Waals surface area contributed by atoms with Crippen LogP contribution in [0.25, 0.3) is 0 Å². The Morgan fingerprint density at radius 2 is 2.00 bits per heavy atom. The van der Waals surface area contributed by atoms with Gasteiger partial charge >= 0.3 is 0 Å². The van der Waals surface area contributed by atoms with Crippen LogP contribution in [-0.2, 0) is 11.2 Å². The van der Waals surface area contributed by atoms with Crippen LogP contribution in [0.4, 0.5) is 0 Å². The van der Waals surface area contributed by atoms with E-state index in [2.05, 4.69) is 0 Å². The Kier molecular flexibility index (Phi) is 3.00. The number of rotatable bonds is 3. The summed E-state index contributed by atoms with van der Waals surface area (Å²) in [6.07, 6.45) is -0.441. The summed E-state index contributed by atoms with van der Waals surface area (Å²) in [6, 6.07) is 9.48. The standard InChI is InChI=1S/C10H12O2/c1-8(11)10(12)7-9-5-3-2-4-6-9/h2-6,10,12H,7H2,1H3. The van der Waals surface area contributed by atoms with Crippen molar-refractivity contribution in [3.05, 3.63) is 35.9 Å². The zero-order valence-electron chi connectivity index (χ0n) is 7.03. The lowest BCUT2D eigenvalue weighted by Crippen LogP contribution is -2.19. The van der Waals surface area contributed by atoms with Gasteiger partial charge in [-0.3, -0.25) is 4.79 Å². The van der Waals surface area contributed by atoms with E-state index in [-0.39, 0.29) is 5.78 Å². The fraction of sp³-hybridized carbons (Fsp3) is 0.300. The van der Waals surface area contributed by atoms with Gasteiger partial charge in [-0.1, -0.05) is 30.3 Å². The van der Waals surface area contributed by atoms with Gasteiger partial charge < -0.3 is 5.11 Å². The Bertz CT molecular complexity index is 254. The van der Waals surface area contributed by atoms with E-state index >= 15 is 0 Å². The number of benzene rings is 1. The van der Waals surface area contributed by atoms with Gasteiger partial charge in [-0.25, -0.2) is 0 Å². The van der Waals surface area contributed by atoms with Crippen LogP contribution in [0.1, 0.15) is 12.5 Å². The second-order valence-corrected chi connectivity index (χ2v) is 2.82. The number of carbonyl (C=O) groups is 1. The average Bonchev–Trinajstić information content (AvgIpc) is 2.06. The Morgan fingerprint density at radius 1 is 1.42 bits per heavy atom. The van der Waals surface area contributed by atoms with Gasteiger partial charge in [0.15, 0.2) is 5.78 Å². The third-order valence-electron chi connectivity index (χ3n) is 1.74. The molecule has 0 aliphatic carbocycles. The van der Waals surface area contributed by atoms with E-state index in [1.807, 2.05) is 30.3 Å². The number of aliphatic hydroxyl groups is 1. The second kappa shape index (κ2) is 4.02. The van der Waals surface area contributed by atoms with Crippen molar-refractivity contribution in [1.29, 1.82) is 0 Å². The molecule has 0 amide bonds. The summed E-state index contributed by atoms with van der Waals surface area (Å²) in [7, 11) is 0. The number of hydrogen-bond donors (Lipinski definition) is 1. The lowest BCUT2D eigenvalue weighted by Gasteiger charge is -2.05. The smallest absolute Gasteiger partial charge is 0.158 e. The highest BCUT2D eigenvalue weighted by Crippen LogP contribution is 2.03. The molecule has 0 aliphatic heterocycles. The average molecular weight is 164 g/mol. The molecule has 64 valence electrons. The van der Waals surface area contributed by atoms with Crippen LogP contribution in [0.15, 0.2) is 30.3 Å². The van der Waals surface area contributed by atoms with E-state index in [0.29, 0.717) is 6.42 Å². The first-order valence-corrected chi connectivity index (χ1v) is 3.92. The van der Waals surface area contributed by atoms with E-state index in [0.717, 1.165) is 5.56 Å². The fourth-order valence-corrected chi connectivity index (χ4v) is 0.981. The van der Waals surface area contributed by atoms with Crippen LogP contribution in [0.5, 0.6) is 0 Å². The van der Waals surface area contributed by atoms with Gasteiger partial charge in [0.1, 0.15) is 6.10 Å². The van der Waals surface area contributed by atoms with Crippen molar-refractivity contribution in [3.8, 4) is 0 Å². The molecular formula is C10H12O2. The molecular weight excluding hydrogens is 152 g/mol. The molecule has 1 unspecified atom stereocenters. The molecule has 0 saturated heterocycles. The SMILES string of the molecule is CC(=O)C(O)Cc1ccccc1. The fourth-order valence-electron chi connectivity index (χ4n) is 0.981. The molecule has 0 fully saturated rings. The number of carbonyl (C=O) groups excluding carboxylic acids is 1. The van der Waals surface area contributed by atoms with Crippen molar-refractivity contribution in [2.24, 2.45) is 0 Å². The van der Waals surface area contributed by atoms with Gasteiger partial charge in [0, 0.05) is 6.42 Å². The lowest BCUT2D eigenvalue weighted by atomic mass is 10.1. The van der Waals surface area contributed by atoms with Crippen molar-refractivity contribution < 1.29 is 9.90 Å². The van der Waals surface area contributed by atoms with Crippen molar-refractivity contribution >= 4 is 5.78 Å². The summed E-state index contributed by atoms with van der Waals surface area (Å²) >= 11 is 0. The maximum atomic E-state index is 10.7. The quantitative estimate of drug-likeness (QED) is 0.728. The summed E-state index contributed by atoms with van der Waals surface area (Å²) in [6.45, 7) is 1.40. The van der Waals surface area contributed by atoms with Crippen LogP contribution in [0, 0.1) is 0 Å². The van der Waals surface area contributed by atoms with E-state index in [1.54, 1.807) is 0 Å². The van der Waals surface area contributed by atoms with Gasteiger partial charge in [-0.2, -0.15) is 0 Å². The van der Waals surface area contributed by atoms with Crippen LogP contribution in [0.3, 0.4) is 0 Å². The topological polar surface area (TPSA) is 37.3 Å². The summed E-state index contributed by atoms with van der Waals surface area (Å²) in [5.41, 5.74) is 0.986. The van der Waals surface area contributed by atoms with E-state index < -0.39 is 6.10 Å². The summed E-state index contributed by atoms with van der Waals surface area (Å²) in [5.74, 6) is -0.182. The number of ketones is 1. The molecule has 1 rings (SSSR count). The predicted octanol–water partition coefficient (Wildman–Crippen LogP) is 1.18. The maximum absolute atomic E-state index is 10.7. The molecule has 0 radical (unpaired) electrons. The number of Topliss-reactive ketones (excluding diaryl/α,β-unsaturated/α-hetero) is 1. The minimum atomic E-state index is -0.854. The molecule has 0 aromatic heterocycles. The number of aliphatic hydroxyl groups excluding tert-OH is 1. The molecule has 0 aliphatic rings. The highest BCUT2D eigenvalue weighted by atomic mass is 16.3. The minimum Gasteiger partial charge on any atom is -0.385 e. The molecule has 0 heterocycles. The molecule has 0 spiro atoms. The summed E-state index contributed by atoms with van der Waals surface area (Å²) in [5, 5.41) is 9.23. The third kappa shape index (κ3) is 2.47. The Morgan fingerprint density at radius 3 is 2.50 bits per heavy atom. The van der Waals surface area contributed by atoms with Gasteiger partial charge in [0.05, 0.1) is 0 Å². The normalized spacial score (nSPS) is 12.5. The van der Waals surface area contributed by atoms with Crippen LogP contribution in [-0.4, -0.2) is 17.0 Å². The van der Waals surface area contributed by atoms with Gasteiger partial charge in [-0.05, 0) is 12.5 Å². The number of hydrogen-bond acceptors (Lipinski definition) is 2. The van der Waals surface area contributed by atoms with Gasteiger partial charge in [-0.15, -0.1) is 0 Å². The molecule has 2 heteroatoms. The van der Waals surface area contributed by atoms with E-state index in [4.69, 9.17) is 0 Å². The first-order valence-electron chi connectivity index (χ1n) is 3.92. The molecule has 0 bridgehead atoms. The highest BCUT2D eigenvalue weighted by Gasteiger charge is 2.09.